The van der Waals surface area contributed by atoms with Crippen LogP contribution in [0.5, 0.6) is 0 Å². The molecule has 4 aliphatic heterocycles. The van der Waals surface area contributed by atoms with Gasteiger partial charge in [-0.15, -0.1) is 0 Å². The van der Waals surface area contributed by atoms with Crippen molar-refractivity contribution in [3.63, 3.8) is 0 Å². The third-order valence-corrected chi connectivity index (χ3v) is 22.5. The second-order valence-electron chi connectivity index (χ2n) is 27.3. The van der Waals surface area contributed by atoms with Crippen LogP contribution >= 0.6 is 11.8 Å². The molecular weight excluding hydrogens is 1310 g/mol. The van der Waals surface area contributed by atoms with Crippen LogP contribution in [0.1, 0.15) is 0 Å². The van der Waals surface area contributed by atoms with E-state index in [2.05, 4.69) is 384 Å². The van der Waals surface area contributed by atoms with Crippen molar-refractivity contribution in [1.82, 2.24) is 0 Å². The average Bonchev–Trinajstić information content (AvgIpc) is 0.685. The molecule has 0 N–H and O–H groups in total. The summed E-state index contributed by atoms with van der Waals surface area (Å²) in [5, 5.41) is 0. The molecule has 20 rings (SSSR count). The number of benzene rings is 16. The topological polar surface area (TPSA) is 16.2 Å². The van der Waals surface area contributed by atoms with Gasteiger partial charge < -0.3 is 24.5 Å². The van der Waals surface area contributed by atoms with Gasteiger partial charge in [0.05, 0.1) is 17.1 Å². The lowest BCUT2D eigenvalue weighted by molar-refractivity contribution is 0.586. The molecule has 16 aromatic carbocycles. The Morgan fingerprint density at radius 1 is 0.245 bits per heavy atom. The standard InChI is InChI=1S/C96H63B2F2N5S/c99-82-54-31-55-83(100)96(82)105-86-63-90-81(98-78-52-25-27-56-84(78)103(71-46-23-8-24-47-71)89-60-73(61-91(106-90)93(89)98)101(68-40-17-5-18-41-68)69-42-19-6-20-43-69)62-80(86)97-79-53-26-28-57-85(79)104(95-76(66-36-13-3-14-37-66)50-30-51-77(95)67-38-15-4-16-39-67)87-58-72(59-88(105)92(87)97)102(70-44-21-7-22-45-70)94-74(64-32-9-1-10-33-64)48-29-49-75(94)65-34-11-2-12-35-65/h1-63H. The highest BCUT2D eigenvalue weighted by atomic mass is 32.2. The van der Waals surface area contributed by atoms with Crippen molar-refractivity contribution >= 4 is 143 Å². The van der Waals surface area contributed by atoms with E-state index in [1.54, 1.807) is 11.8 Å². The van der Waals surface area contributed by atoms with Crippen LogP contribution in [-0.2, 0) is 0 Å². The molecule has 0 atom stereocenters. The lowest BCUT2D eigenvalue weighted by Crippen LogP contribution is -2.64. The number of hydrogen-bond acceptors (Lipinski definition) is 6. The number of para-hydroxylation sites is 9. The normalized spacial score (nSPS) is 12.7. The van der Waals surface area contributed by atoms with Gasteiger partial charge in [0.15, 0.2) is 0 Å². The monoisotopic (exact) mass is 1380 g/mol. The number of anilines is 15. The molecule has 4 aliphatic rings. The Labute approximate surface area is 620 Å². The van der Waals surface area contributed by atoms with Gasteiger partial charge in [0, 0.05) is 94.6 Å². The molecule has 106 heavy (non-hydrogen) atoms. The van der Waals surface area contributed by atoms with Gasteiger partial charge in [0.2, 0.25) is 6.71 Å². The highest BCUT2D eigenvalue weighted by molar-refractivity contribution is 8.00. The summed E-state index contributed by atoms with van der Waals surface area (Å²) in [6, 6.07) is 134. The van der Waals surface area contributed by atoms with Crippen LogP contribution in [0.15, 0.2) is 392 Å². The molecule has 4 heterocycles. The maximum absolute atomic E-state index is 18.4. The zero-order chi connectivity index (χ0) is 70.3. The van der Waals surface area contributed by atoms with Crippen molar-refractivity contribution in [3.05, 3.63) is 394 Å². The number of rotatable bonds is 13. The quantitative estimate of drug-likeness (QED) is 0.106. The van der Waals surface area contributed by atoms with Crippen LogP contribution in [-0.4, -0.2) is 13.4 Å². The van der Waals surface area contributed by atoms with Crippen LogP contribution in [0.4, 0.5) is 94.1 Å². The first-order chi connectivity index (χ1) is 52.5. The van der Waals surface area contributed by atoms with Gasteiger partial charge in [-0.25, -0.2) is 8.78 Å². The molecule has 0 amide bonds. The van der Waals surface area contributed by atoms with Crippen molar-refractivity contribution in [3.8, 4) is 44.5 Å². The van der Waals surface area contributed by atoms with Crippen LogP contribution < -0.4 is 57.3 Å². The van der Waals surface area contributed by atoms with Crippen LogP contribution in [0, 0.1) is 11.6 Å². The zero-order valence-electron chi connectivity index (χ0n) is 57.4. The predicted molar refractivity (Wildman–Crippen MR) is 441 cm³/mol. The SMILES string of the molecule is Fc1cccc(F)c1N1c2cc3c(cc2B2c4ccccc4N(c4c(-c5ccccc5)cccc4-c4ccccc4)c4cc(N(c5ccccc5)c5c(-c6ccccc6)cccc5-c5ccccc5)cc1c42)B1c2ccccc2N(c2ccccc2)c2cc(N(c4ccccc4)c4ccccc4)cc(c21)S3. The highest BCUT2D eigenvalue weighted by Crippen LogP contribution is 2.56. The van der Waals surface area contributed by atoms with E-state index in [1.165, 1.54) is 23.7 Å². The van der Waals surface area contributed by atoms with Crippen molar-refractivity contribution in [2.75, 3.05) is 24.5 Å². The number of nitrogens with zero attached hydrogens (tertiary/aromatic N) is 5. The Bertz CT molecular complexity index is 5890. The fourth-order valence-electron chi connectivity index (χ4n) is 17.0. The summed E-state index contributed by atoms with van der Waals surface area (Å²) in [5.74, 6) is -1.38. The molecular formula is C96H63B2F2N5S. The first-order valence-electron chi connectivity index (χ1n) is 36.0. The molecule has 5 nitrogen and oxygen atoms in total. The van der Waals surface area contributed by atoms with Gasteiger partial charge in [-0.2, -0.15) is 0 Å². The summed E-state index contributed by atoms with van der Waals surface area (Å²) in [5.41, 5.74) is 27.3. The maximum atomic E-state index is 18.4. The third kappa shape index (κ3) is 10.3. The van der Waals surface area contributed by atoms with Crippen molar-refractivity contribution in [2.45, 2.75) is 9.79 Å². The maximum Gasteiger partial charge on any atom is 0.252 e. The molecule has 498 valence electrons. The van der Waals surface area contributed by atoms with E-state index < -0.39 is 18.3 Å². The molecule has 0 bridgehead atoms. The fourth-order valence-corrected chi connectivity index (χ4v) is 18.2. The van der Waals surface area contributed by atoms with Crippen molar-refractivity contribution in [1.29, 1.82) is 0 Å². The first-order valence-corrected chi connectivity index (χ1v) is 36.8. The summed E-state index contributed by atoms with van der Waals surface area (Å²) < 4.78 is 36.8. The molecule has 10 heteroatoms. The molecule has 0 spiro atoms. The summed E-state index contributed by atoms with van der Waals surface area (Å²) in [6.07, 6.45) is 0. The van der Waals surface area contributed by atoms with Gasteiger partial charge in [-0.1, -0.05) is 296 Å². The number of fused-ring (bicyclic) bond motifs is 8. The lowest BCUT2D eigenvalue weighted by atomic mass is 9.31. The molecule has 0 saturated heterocycles. The van der Waals surface area contributed by atoms with E-state index in [0.717, 1.165) is 150 Å². The Balaban J connectivity index is 0.915. The molecule has 0 unspecified atom stereocenters. The molecule has 0 radical (unpaired) electrons. The van der Waals surface area contributed by atoms with E-state index in [-0.39, 0.29) is 12.4 Å². The predicted octanol–water partition coefficient (Wildman–Crippen LogP) is 22.4. The average molecular weight is 1380 g/mol. The van der Waals surface area contributed by atoms with Crippen LogP contribution in [0.25, 0.3) is 44.5 Å². The summed E-state index contributed by atoms with van der Waals surface area (Å²) in [6.45, 7) is -0.758. The van der Waals surface area contributed by atoms with Crippen LogP contribution in [0.2, 0.25) is 0 Å². The van der Waals surface area contributed by atoms with Gasteiger partial charge in [0.25, 0.3) is 6.71 Å². The lowest BCUT2D eigenvalue weighted by Gasteiger charge is -2.46. The molecule has 0 fully saturated rings. The van der Waals surface area contributed by atoms with E-state index in [4.69, 9.17) is 0 Å². The summed E-state index contributed by atoms with van der Waals surface area (Å²) in [4.78, 5) is 13.6. The third-order valence-electron chi connectivity index (χ3n) is 21.3. The molecule has 0 aromatic heterocycles. The molecule has 0 aliphatic carbocycles. The first kappa shape index (κ1) is 62.6. The van der Waals surface area contributed by atoms with Crippen molar-refractivity contribution in [2.24, 2.45) is 0 Å². The number of hydrogen-bond donors (Lipinski definition) is 0. The summed E-state index contributed by atoms with van der Waals surface area (Å²) >= 11 is 1.73. The molecule has 16 aromatic rings. The highest BCUT2D eigenvalue weighted by Gasteiger charge is 2.49. The minimum atomic E-state index is -0.688. The molecule has 0 saturated carbocycles. The van der Waals surface area contributed by atoms with E-state index in [0.29, 0.717) is 11.4 Å². The Kier molecular flexibility index (Phi) is 15.3. The number of halogens is 2. The Morgan fingerprint density at radius 3 is 1.12 bits per heavy atom. The smallest absolute Gasteiger partial charge is 0.252 e. The van der Waals surface area contributed by atoms with Gasteiger partial charge in [0.1, 0.15) is 17.3 Å². The Morgan fingerprint density at radius 2 is 0.623 bits per heavy atom. The van der Waals surface area contributed by atoms with E-state index in [9.17, 15) is 0 Å². The summed E-state index contributed by atoms with van der Waals surface area (Å²) in [7, 11) is 0. The van der Waals surface area contributed by atoms with E-state index in [1.807, 2.05) is 4.90 Å². The minimum absolute atomic E-state index is 0.170. The van der Waals surface area contributed by atoms with E-state index >= 15 is 8.78 Å². The van der Waals surface area contributed by atoms with Gasteiger partial charge >= 0.3 is 0 Å². The minimum Gasteiger partial charge on any atom is -0.311 e. The Hall–Kier alpha value is -13.1. The van der Waals surface area contributed by atoms with Crippen LogP contribution in [0.3, 0.4) is 0 Å². The fraction of sp³-hybridized carbons (Fsp3) is 0. The zero-order valence-corrected chi connectivity index (χ0v) is 58.2. The van der Waals surface area contributed by atoms with Gasteiger partial charge in [-0.3, -0.25) is 0 Å². The largest absolute Gasteiger partial charge is 0.311 e. The second kappa shape index (κ2) is 26.0. The second-order valence-corrected chi connectivity index (χ2v) is 28.3. The van der Waals surface area contributed by atoms with Crippen molar-refractivity contribution < 1.29 is 8.78 Å². The van der Waals surface area contributed by atoms with Gasteiger partial charge in [-0.05, 0) is 153 Å².